The number of imidazole rings is 1. The smallest absolute Gasteiger partial charge is 0.167 e. The number of methoxy groups -OCH3 is 2. The van der Waals surface area contributed by atoms with E-state index in [4.69, 9.17) is 9.47 Å². The lowest BCUT2D eigenvalue weighted by Gasteiger charge is -2.01. The summed E-state index contributed by atoms with van der Waals surface area (Å²) in [5.41, 5.74) is 3.33. The highest BCUT2D eigenvalue weighted by molar-refractivity contribution is 6.04. The zero-order valence-electron chi connectivity index (χ0n) is 13.9. The fraction of sp³-hybridized carbons (Fsp3) is 0.333. The van der Waals surface area contributed by atoms with Crippen LogP contribution in [0.2, 0.25) is 0 Å². The highest BCUT2D eigenvalue weighted by atomic mass is 16.5. The van der Waals surface area contributed by atoms with Gasteiger partial charge in [0.15, 0.2) is 5.78 Å². The second kappa shape index (κ2) is 7.42. The standard InChI is InChI=1S/C18H21N3O3/c1-23-9-6-18(22)14-11-17(21-7-4-3-5-16(14)21)15-12-20(13-19-15)8-10-24-2/h3-5,7,11-13H,6,8-10H2,1-2H3. The minimum Gasteiger partial charge on any atom is -0.384 e. The molecule has 0 aliphatic carbocycles. The van der Waals surface area contributed by atoms with E-state index in [0.29, 0.717) is 25.2 Å². The molecule has 0 aromatic carbocycles. The van der Waals surface area contributed by atoms with Gasteiger partial charge in [-0.3, -0.25) is 4.79 Å². The number of nitrogens with zero attached hydrogens (tertiary/aromatic N) is 3. The summed E-state index contributed by atoms with van der Waals surface area (Å²) in [5.74, 6) is 0.0746. The monoisotopic (exact) mass is 327 g/mol. The molecule has 0 saturated carbocycles. The molecule has 126 valence electrons. The Labute approximate surface area is 140 Å². The van der Waals surface area contributed by atoms with E-state index < -0.39 is 0 Å². The summed E-state index contributed by atoms with van der Waals surface area (Å²) in [6.07, 6.45) is 6.07. The minimum absolute atomic E-state index is 0.0746. The molecule has 3 heterocycles. The van der Waals surface area contributed by atoms with Gasteiger partial charge >= 0.3 is 0 Å². The number of aromatic nitrogens is 3. The lowest BCUT2D eigenvalue weighted by Crippen LogP contribution is -2.02. The molecule has 0 radical (unpaired) electrons. The van der Waals surface area contributed by atoms with Crippen LogP contribution in [0.5, 0.6) is 0 Å². The molecule has 3 rings (SSSR count). The van der Waals surface area contributed by atoms with Crippen LogP contribution in [-0.2, 0) is 16.0 Å². The molecule has 0 fully saturated rings. The number of hydrogen-bond donors (Lipinski definition) is 0. The Kier molecular flexibility index (Phi) is 5.08. The van der Waals surface area contributed by atoms with Crippen LogP contribution in [0.1, 0.15) is 16.8 Å². The molecule has 6 heteroatoms. The average Bonchev–Trinajstić information content (AvgIpc) is 3.22. The van der Waals surface area contributed by atoms with Gasteiger partial charge in [-0.15, -0.1) is 0 Å². The maximum Gasteiger partial charge on any atom is 0.167 e. The fourth-order valence-corrected chi connectivity index (χ4v) is 2.71. The number of ketones is 1. The van der Waals surface area contributed by atoms with Crippen LogP contribution in [0, 0.1) is 0 Å². The van der Waals surface area contributed by atoms with Crippen molar-refractivity contribution in [2.24, 2.45) is 0 Å². The lowest BCUT2D eigenvalue weighted by molar-refractivity contribution is 0.0934. The first-order chi connectivity index (χ1) is 11.7. The van der Waals surface area contributed by atoms with Crippen molar-refractivity contribution in [1.29, 1.82) is 0 Å². The summed E-state index contributed by atoms with van der Waals surface area (Å²) in [4.78, 5) is 16.9. The second-order valence-electron chi connectivity index (χ2n) is 5.55. The van der Waals surface area contributed by atoms with Crippen molar-refractivity contribution >= 4 is 11.3 Å². The highest BCUT2D eigenvalue weighted by Gasteiger charge is 2.17. The van der Waals surface area contributed by atoms with Gasteiger partial charge in [0, 0.05) is 45.1 Å². The van der Waals surface area contributed by atoms with Crippen molar-refractivity contribution in [3.8, 4) is 11.4 Å². The van der Waals surface area contributed by atoms with Gasteiger partial charge in [0.25, 0.3) is 0 Å². The van der Waals surface area contributed by atoms with Crippen molar-refractivity contribution in [3.63, 3.8) is 0 Å². The average molecular weight is 327 g/mol. The summed E-state index contributed by atoms with van der Waals surface area (Å²) in [6, 6.07) is 7.74. The van der Waals surface area contributed by atoms with Gasteiger partial charge in [0.05, 0.1) is 30.8 Å². The molecule has 0 atom stereocenters. The van der Waals surface area contributed by atoms with Crippen molar-refractivity contribution in [2.75, 3.05) is 27.4 Å². The van der Waals surface area contributed by atoms with E-state index in [2.05, 4.69) is 4.98 Å². The molecule has 0 aliphatic rings. The Hall–Kier alpha value is -2.44. The number of Topliss-reactive ketones (excluding diaryl/α,β-unsaturated/α-hetero) is 1. The van der Waals surface area contributed by atoms with Crippen LogP contribution >= 0.6 is 0 Å². The van der Waals surface area contributed by atoms with Gasteiger partial charge in [-0.05, 0) is 18.2 Å². The Bertz CT molecular complexity index is 835. The van der Waals surface area contributed by atoms with Crippen LogP contribution in [0.25, 0.3) is 16.9 Å². The van der Waals surface area contributed by atoms with E-state index in [-0.39, 0.29) is 5.78 Å². The maximum atomic E-state index is 12.5. The van der Waals surface area contributed by atoms with Crippen LogP contribution < -0.4 is 0 Å². The zero-order chi connectivity index (χ0) is 16.9. The van der Waals surface area contributed by atoms with E-state index in [1.165, 1.54) is 0 Å². The van der Waals surface area contributed by atoms with Crippen molar-refractivity contribution in [3.05, 3.63) is 48.5 Å². The predicted octanol–water partition coefficient (Wildman–Crippen LogP) is 2.67. The van der Waals surface area contributed by atoms with Gasteiger partial charge < -0.3 is 18.4 Å². The molecule has 3 aromatic heterocycles. The van der Waals surface area contributed by atoms with E-state index >= 15 is 0 Å². The summed E-state index contributed by atoms with van der Waals surface area (Å²) in [7, 11) is 3.28. The third kappa shape index (κ3) is 3.25. The van der Waals surface area contributed by atoms with Gasteiger partial charge in [-0.25, -0.2) is 4.98 Å². The van der Waals surface area contributed by atoms with Crippen LogP contribution in [0.15, 0.2) is 43.0 Å². The van der Waals surface area contributed by atoms with Gasteiger partial charge in [-0.2, -0.15) is 0 Å². The molecule has 6 nitrogen and oxygen atoms in total. The van der Waals surface area contributed by atoms with Gasteiger partial charge in [-0.1, -0.05) is 6.07 Å². The topological polar surface area (TPSA) is 57.8 Å². The maximum absolute atomic E-state index is 12.5. The first kappa shape index (κ1) is 16.4. The molecule has 0 saturated heterocycles. The minimum atomic E-state index is 0.0746. The molecule has 0 amide bonds. The normalized spacial score (nSPS) is 11.2. The third-order valence-corrected chi connectivity index (χ3v) is 3.96. The number of carbonyl (C=O) groups is 1. The van der Waals surface area contributed by atoms with Crippen LogP contribution in [0.4, 0.5) is 0 Å². The Morgan fingerprint density at radius 1 is 1.21 bits per heavy atom. The first-order valence-corrected chi connectivity index (χ1v) is 7.88. The number of hydrogen-bond acceptors (Lipinski definition) is 4. The van der Waals surface area contributed by atoms with Crippen LogP contribution in [0.3, 0.4) is 0 Å². The molecule has 0 aliphatic heterocycles. The van der Waals surface area contributed by atoms with Gasteiger partial charge in [0.1, 0.15) is 5.69 Å². The quantitative estimate of drug-likeness (QED) is 0.597. The molecule has 0 spiro atoms. The molecule has 3 aromatic rings. The second-order valence-corrected chi connectivity index (χ2v) is 5.55. The Morgan fingerprint density at radius 2 is 2.04 bits per heavy atom. The van der Waals surface area contributed by atoms with Gasteiger partial charge in [0.2, 0.25) is 0 Å². The summed E-state index contributed by atoms with van der Waals surface area (Å²) < 4.78 is 14.1. The summed E-state index contributed by atoms with van der Waals surface area (Å²) in [6.45, 7) is 1.79. The molecular formula is C18H21N3O3. The molecule has 0 bridgehead atoms. The lowest BCUT2D eigenvalue weighted by atomic mass is 10.1. The number of ether oxygens (including phenoxy) is 2. The number of fused-ring (bicyclic) bond motifs is 1. The summed E-state index contributed by atoms with van der Waals surface area (Å²) >= 11 is 0. The number of carbonyl (C=O) groups excluding carboxylic acids is 1. The van der Waals surface area contributed by atoms with E-state index in [0.717, 1.165) is 23.4 Å². The van der Waals surface area contributed by atoms with Crippen molar-refractivity contribution < 1.29 is 14.3 Å². The molecular weight excluding hydrogens is 306 g/mol. The molecule has 24 heavy (non-hydrogen) atoms. The Balaban J connectivity index is 1.99. The molecule has 0 unspecified atom stereocenters. The third-order valence-electron chi connectivity index (χ3n) is 3.96. The van der Waals surface area contributed by atoms with Crippen molar-refractivity contribution in [2.45, 2.75) is 13.0 Å². The molecule has 0 N–H and O–H groups in total. The van der Waals surface area contributed by atoms with E-state index in [1.807, 2.05) is 45.6 Å². The predicted molar refractivity (Wildman–Crippen MR) is 91.3 cm³/mol. The largest absolute Gasteiger partial charge is 0.384 e. The SMILES string of the molecule is COCCC(=O)c1cc(-c2cn(CCOC)cn2)n2ccccc12. The number of rotatable bonds is 8. The highest BCUT2D eigenvalue weighted by Crippen LogP contribution is 2.26. The fourth-order valence-electron chi connectivity index (χ4n) is 2.71. The van der Waals surface area contributed by atoms with Crippen LogP contribution in [-0.4, -0.2) is 47.2 Å². The Morgan fingerprint density at radius 3 is 2.83 bits per heavy atom. The first-order valence-electron chi connectivity index (χ1n) is 7.88. The zero-order valence-corrected chi connectivity index (χ0v) is 13.9. The van der Waals surface area contributed by atoms with E-state index in [9.17, 15) is 4.79 Å². The van der Waals surface area contributed by atoms with Crippen molar-refractivity contribution in [1.82, 2.24) is 14.0 Å². The van der Waals surface area contributed by atoms with E-state index in [1.54, 1.807) is 20.5 Å². The summed E-state index contributed by atoms with van der Waals surface area (Å²) in [5, 5.41) is 0. The number of pyridine rings is 1.